The average molecular weight is 329 g/mol. The zero-order valence-corrected chi connectivity index (χ0v) is 13.7. The highest BCUT2D eigenvalue weighted by Crippen LogP contribution is 2.27. The predicted octanol–water partition coefficient (Wildman–Crippen LogP) is 4.21. The van der Waals surface area contributed by atoms with E-state index in [9.17, 15) is 4.79 Å². The fourth-order valence-electron chi connectivity index (χ4n) is 2.48. The van der Waals surface area contributed by atoms with Gasteiger partial charge in [-0.2, -0.15) is 5.10 Å². The Balaban J connectivity index is 1.90. The van der Waals surface area contributed by atoms with Crippen molar-refractivity contribution in [3.63, 3.8) is 0 Å². The lowest BCUT2D eigenvalue weighted by molar-refractivity contribution is 0.224. The molecule has 0 fully saturated rings. The molecule has 4 nitrogen and oxygen atoms in total. The molecular weight excluding hydrogens is 312 g/mol. The first-order valence-corrected chi connectivity index (χ1v) is 7.89. The summed E-state index contributed by atoms with van der Waals surface area (Å²) in [4.78, 5) is 12.0. The number of aromatic nitrogens is 2. The number of rotatable bonds is 4. The van der Waals surface area contributed by atoms with E-state index < -0.39 is 0 Å². The summed E-state index contributed by atoms with van der Waals surface area (Å²) in [7, 11) is 0. The number of hydrogen-bond acceptors (Lipinski definition) is 3. The number of halogens is 1. The van der Waals surface area contributed by atoms with Gasteiger partial charge in [-0.1, -0.05) is 48.0 Å². The standard InChI is InChI=1S/C18H17ClN2O2/c1-3-21-18(22)17(19)16(11-20-21)23-12(2)14-9-8-13-6-4-5-7-15(13)10-14/h4-12H,3H2,1-2H3. The summed E-state index contributed by atoms with van der Waals surface area (Å²) in [5.41, 5.74) is 0.678. The van der Waals surface area contributed by atoms with Crippen LogP contribution < -0.4 is 10.3 Å². The third kappa shape index (κ3) is 3.08. The minimum absolute atomic E-state index is 0.0643. The van der Waals surface area contributed by atoms with Crippen molar-refractivity contribution in [2.75, 3.05) is 0 Å². The van der Waals surface area contributed by atoms with Crippen LogP contribution in [0.4, 0.5) is 0 Å². The van der Waals surface area contributed by atoms with Gasteiger partial charge in [0, 0.05) is 6.54 Å². The molecule has 0 spiro atoms. The van der Waals surface area contributed by atoms with Gasteiger partial charge in [-0.05, 0) is 36.2 Å². The van der Waals surface area contributed by atoms with Crippen molar-refractivity contribution in [3.05, 3.63) is 69.6 Å². The van der Waals surface area contributed by atoms with E-state index >= 15 is 0 Å². The normalized spacial score (nSPS) is 12.3. The second-order valence-corrected chi connectivity index (χ2v) is 5.69. The molecule has 5 heteroatoms. The van der Waals surface area contributed by atoms with Crippen molar-refractivity contribution in [1.29, 1.82) is 0 Å². The molecule has 0 aliphatic carbocycles. The van der Waals surface area contributed by atoms with Gasteiger partial charge in [0.1, 0.15) is 6.10 Å². The first-order chi connectivity index (χ1) is 11.1. The first kappa shape index (κ1) is 15.6. The van der Waals surface area contributed by atoms with Gasteiger partial charge >= 0.3 is 0 Å². The molecule has 2 aromatic carbocycles. The van der Waals surface area contributed by atoms with Crippen molar-refractivity contribution >= 4 is 22.4 Å². The highest BCUT2D eigenvalue weighted by atomic mass is 35.5. The van der Waals surface area contributed by atoms with Crippen molar-refractivity contribution in [2.24, 2.45) is 0 Å². The molecule has 0 aliphatic heterocycles. The van der Waals surface area contributed by atoms with Crippen molar-refractivity contribution in [1.82, 2.24) is 9.78 Å². The molecule has 0 amide bonds. The first-order valence-electron chi connectivity index (χ1n) is 7.51. The Hall–Kier alpha value is -2.33. The van der Waals surface area contributed by atoms with Crippen LogP contribution in [0.2, 0.25) is 5.02 Å². The predicted molar refractivity (Wildman–Crippen MR) is 92.2 cm³/mol. The molecule has 1 heterocycles. The summed E-state index contributed by atoms with van der Waals surface area (Å²) in [5.74, 6) is 0.307. The Morgan fingerprint density at radius 1 is 1.22 bits per heavy atom. The van der Waals surface area contributed by atoms with Crippen LogP contribution in [0.25, 0.3) is 10.8 Å². The van der Waals surface area contributed by atoms with E-state index in [4.69, 9.17) is 16.3 Å². The number of benzene rings is 2. The van der Waals surface area contributed by atoms with Crippen LogP contribution in [0.1, 0.15) is 25.5 Å². The molecule has 3 aromatic rings. The smallest absolute Gasteiger partial charge is 0.289 e. The lowest BCUT2D eigenvalue weighted by Gasteiger charge is -2.16. The van der Waals surface area contributed by atoms with Crippen LogP contribution in [0.3, 0.4) is 0 Å². The molecule has 0 N–H and O–H groups in total. The zero-order valence-electron chi connectivity index (χ0n) is 13.0. The van der Waals surface area contributed by atoms with E-state index in [1.54, 1.807) is 0 Å². The van der Waals surface area contributed by atoms with Gasteiger partial charge in [-0.15, -0.1) is 0 Å². The summed E-state index contributed by atoms with van der Waals surface area (Å²) >= 11 is 6.11. The van der Waals surface area contributed by atoms with Crippen LogP contribution in [0.5, 0.6) is 5.75 Å². The van der Waals surface area contributed by atoms with Gasteiger partial charge in [0.05, 0.1) is 6.20 Å². The Bertz CT molecular complexity index is 905. The summed E-state index contributed by atoms with van der Waals surface area (Å²) < 4.78 is 7.15. The summed E-state index contributed by atoms with van der Waals surface area (Å²) in [5, 5.41) is 6.43. The van der Waals surface area contributed by atoms with E-state index in [1.807, 2.05) is 32.0 Å². The molecule has 0 aliphatic rings. The Morgan fingerprint density at radius 3 is 2.70 bits per heavy atom. The summed E-state index contributed by atoms with van der Waals surface area (Å²) in [6.07, 6.45) is 1.25. The Kier molecular flexibility index (Phi) is 4.35. The average Bonchev–Trinajstić information content (AvgIpc) is 2.58. The maximum Gasteiger partial charge on any atom is 0.289 e. The van der Waals surface area contributed by atoms with Gasteiger partial charge < -0.3 is 4.74 Å². The van der Waals surface area contributed by atoms with Gasteiger partial charge in [-0.3, -0.25) is 4.79 Å². The lowest BCUT2D eigenvalue weighted by atomic mass is 10.0. The van der Waals surface area contributed by atoms with Gasteiger partial charge in [0.15, 0.2) is 10.8 Å². The molecule has 1 unspecified atom stereocenters. The van der Waals surface area contributed by atoms with E-state index in [0.717, 1.165) is 10.9 Å². The quantitative estimate of drug-likeness (QED) is 0.720. The van der Waals surface area contributed by atoms with Gasteiger partial charge in [0.25, 0.3) is 5.56 Å². The minimum atomic E-state index is -0.336. The zero-order chi connectivity index (χ0) is 16.4. The van der Waals surface area contributed by atoms with Gasteiger partial charge in [0.2, 0.25) is 0 Å². The number of nitrogens with zero attached hydrogens (tertiary/aromatic N) is 2. The molecular formula is C18H17ClN2O2. The van der Waals surface area contributed by atoms with Gasteiger partial charge in [-0.25, -0.2) is 4.68 Å². The maximum absolute atomic E-state index is 12.0. The van der Waals surface area contributed by atoms with Crippen LogP contribution in [-0.2, 0) is 6.54 Å². The van der Waals surface area contributed by atoms with Crippen molar-refractivity contribution in [2.45, 2.75) is 26.5 Å². The monoisotopic (exact) mass is 328 g/mol. The van der Waals surface area contributed by atoms with E-state index in [2.05, 4.69) is 29.4 Å². The molecule has 3 rings (SSSR count). The minimum Gasteiger partial charge on any atom is -0.483 e. The van der Waals surface area contributed by atoms with Crippen molar-refractivity contribution < 1.29 is 4.74 Å². The Morgan fingerprint density at radius 2 is 1.96 bits per heavy atom. The summed E-state index contributed by atoms with van der Waals surface area (Å²) in [6, 6.07) is 14.3. The third-order valence-electron chi connectivity index (χ3n) is 3.80. The third-order valence-corrected chi connectivity index (χ3v) is 4.15. The lowest BCUT2D eigenvalue weighted by Crippen LogP contribution is -2.23. The van der Waals surface area contributed by atoms with E-state index in [-0.39, 0.29) is 16.7 Å². The molecule has 1 aromatic heterocycles. The number of ether oxygens (including phenoxy) is 1. The fraction of sp³-hybridized carbons (Fsp3) is 0.222. The molecule has 0 bridgehead atoms. The topological polar surface area (TPSA) is 44.1 Å². The molecule has 0 saturated heterocycles. The SMILES string of the molecule is CCn1ncc(OC(C)c2ccc3ccccc3c2)c(Cl)c1=O. The fourth-order valence-corrected chi connectivity index (χ4v) is 2.67. The molecule has 23 heavy (non-hydrogen) atoms. The Labute approximate surface area is 139 Å². The van der Waals surface area contributed by atoms with E-state index in [0.29, 0.717) is 12.3 Å². The summed E-state index contributed by atoms with van der Waals surface area (Å²) in [6.45, 7) is 4.23. The van der Waals surface area contributed by atoms with Crippen LogP contribution in [-0.4, -0.2) is 9.78 Å². The number of hydrogen-bond donors (Lipinski definition) is 0. The highest BCUT2D eigenvalue weighted by Gasteiger charge is 2.14. The molecule has 1 atom stereocenters. The van der Waals surface area contributed by atoms with Crippen LogP contribution in [0.15, 0.2) is 53.5 Å². The molecule has 0 saturated carbocycles. The van der Waals surface area contributed by atoms with E-state index in [1.165, 1.54) is 16.3 Å². The molecule has 118 valence electrons. The largest absolute Gasteiger partial charge is 0.483 e. The second kappa shape index (κ2) is 6.42. The van der Waals surface area contributed by atoms with Crippen LogP contribution >= 0.6 is 11.6 Å². The van der Waals surface area contributed by atoms with Crippen LogP contribution in [0, 0.1) is 0 Å². The number of fused-ring (bicyclic) bond motifs is 1. The van der Waals surface area contributed by atoms with Crippen molar-refractivity contribution in [3.8, 4) is 5.75 Å². The second-order valence-electron chi connectivity index (χ2n) is 5.31. The molecule has 0 radical (unpaired) electrons. The maximum atomic E-state index is 12.0. The number of aryl methyl sites for hydroxylation is 1. The highest BCUT2D eigenvalue weighted by molar-refractivity contribution is 6.31.